The van der Waals surface area contributed by atoms with E-state index in [4.69, 9.17) is 0 Å². The van der Waals surface area contributed by atoms with Crippen molar-refractivity contribution in [2.45, 2.75) is 25.8 Å². The summed E-state index contributed by atoms with van der Waals surface area (Å²) in [6.45, 7) is 1.90. The van der Waals surface area contributed by atoms with Crippen molar-refractivity contribution in [1.82, 2.24) is 10.2 Å². The van der Waals surface area contributed by atoms with Crippen molar-refractivity contribution < 1.29 is 8.42 Å². The van der Waals surface area contributed by atoms with Crippen LogP contribution in [0.5, 0.6) is 0 Å². The molecule has 5 nitrogen and oxygen atoms in total. The number of hydrogen-bond donors (Lipinski definition) is 1. The molecule has 15 heavy (non-hydrogen) atoms. The molecule has 1 N–H and O–H groups in total. The number of nitrogens with zero attached hydrogens (tertiary/aromatic N) is 2. The Hall–Kier alpha value is -0.690. The number of hydrogen-bond acceptors (Lipinski definition) is 6. The zero-order chi connectivity index (χ0) is 10.9. The maximum absolute atomic E-state index is 11.2. The van der Waals surface area contributed by atoms with E-state index in [-0.39, 0.29) is 17.5 Å². The van der Waals surface area contributed by atoms with Crippen LogP contribution in [-0.4, -0.2) is 36.2 Å². The summed E-state index contributed by atoms with van der Waals surface area (Å²) >= 11 is 1.50. The quantitative estimate of drug-likeness (QED) is 0.838. The fraction of sp³-hybridized carbons (Fsp3) is 0.750. The van der Waals surface area contributed by atoms with Gasteiger partial charge in [0.15, 0.2) is 0 Å². The van der Waals surface area contributed by atoms with Crippen molar-refractivity contribution in [1.29, 1.82) is 0 Å². The van der Waals surface area contributed by atoms with Crippen LogP contribution in [0.25, 0.3) is 0 Å². The smallest absolute Gasteiger partial charge is 0.205 e. The van der Waals surface area contributed by atoms with E-state index in [0.29, 0.717) is 12.8 Å². The summed E-state index contributed by atoms with van der Waals surface area (Å²) in [5.41, 5.74) is 0. The van der Waals surface area contributed by atoms with Crippen molar-refractivity contribution in [2.24, 2.45) is 0 Å². The molecule has 0 amide bonds. The molecule has 0 atom stereocenters. The first-order valence-corrected chi connectivity index (χ1v) is 7.46. The van der Waals surface area contributed by atoms with Gasteiger partial charge in [0.1, 0.15) is 14.8 Å². The zero-order valence-corrected chi connectivity index (χ0v) is 10.1. The van der Waals surface area contributed by atoms with Gasteiger partial charge in [-0.3, -0.25) is 0 Å². The minimum atomic E-state index is -2.78. The van der Waals surface area contributed by atoms with Crippen LogP contribution >= 0.6 is 11.3 Å². The molecule has 2 heterocycles. The molecule has 2 rings (SSSR count). The molecule has 1 fully saturated rings. The Morgan fingerprint density at radius 3 is 2.53 bits per heavy atom. The maximum Gasteiger partial charge on any atom is 0.205 e. The summed E-state index contributed by atoms with van der Waals surface area (Å²) in [5.74, 6) is 0.560. The normalized spacial score (nSPS) is 21.4. The topological polar surface area (TPSA) is 72.0 Å². The van der Waals surface area contributed by atoms with Crippen LogP contribution in [0.15, 0.2) is 0 Å². The van der Waals surface area contributed by atoms with Gasteiger partial charge < -0.3 is 5.32 Å². The van der Waals surface area contributed by atoms with Gasteiger partial charge in [0, 0.05) is 6.04 Å². The van der Waals surface area contributed by atoms with Crippen molar-refractivity contribution >= 4 is 26.3 Å². The molecule has 0 unspecified atom stereocenters. The Morgan fingerprint density at radius 2 is 2.00 bits per heavy atom. The highest BCUT2D eigenvalue weighted by Gasteiger charge is 2.23. The summed E-state index contributed by atoms with van der Waals surface area (Å²) in [5, 5.41) is 12.8. The first-order valence-electron chi connectivity index (χ1n) is 4.82. The largest absolute Gasteiger partial charge is 0.357 e. The van der Waals surface area contributed by atoms with E-state index in [0.717, 1.165) is 10.1 Å². The molecule has 1 aromatic heterocycles. The number of aromatic nitrogens is 2. The Morgan fingerprint density at radius 1 is 1.33 bits per heavy atom. The van der Waals surface area contributed by atoms with E-state index < -0.39 is 9.84 Å². The predicted octanol–water partition coefficient (Wildman–Crippen LogP) is 0.836. The minimum Gasteiger partial charge on any atom is -0.357 e. The fourth-order valence-corrected chi connectivity index (χ4v) is 3.72. The highest BCUT2D eigenvalue weighted by Crippen LogP contribution is 2.20. The summed E-state index contributed by atoms with van der Waals surface area (Å²) in [7, 11) is -2.78. The average Bonchev–Trinajstić information content (AvgIpc) is 2.55. The van der Waals surface area contributed by atoms with Crippen LogP contribution < -0.4 is 5.32 Å². The van der Waals surface area contributed by atoms with Gasteiger partial charge in [-0.1, -0.05) is 11.3 Å². The Kier molecular flexibility index (Phi) is 2.92. The van der Waals surface area contributed by atoms with Crippen LogP contribution in [0.1, 0.15) is 17.8 Å². The Labute approximate surface area is 92.8 Å². The van der Waals surface area contributed by atoms with Crippen molar-refractivity contribution in [3.63, 3.8) is 0 Å². The molecule has 7 heteroatoms. The highest BCUT2D eigenvalue weighted by atomic mass is 32.2. The lowest BCUT2D eigenvalue weighted by Crippen LogP contribution is -2.32. The highest BCUT2D eigenvalue weighted by molar-refractivity contribution is 7.91. The Balaban J connectivity index is 1.92. The van der Waals surface area contributed by atoms with E-state index in [2.05, 4.69) is 15.5 Å². The molecule has 0 aliphatic carbocycles. The zero-order valence-electron chi connectivity index (χ0n) is 8.43. The van der Waals surface area contributed by atoms with Crippen LogP contribution in [-0.2, 0) is 9.84 Å². The number of anilines is 1. The molecule has 1 saturated heterocycles. The standard InChI is InChI=1S/C8H13N3O2S2/c1-6-10-11-8(14-6)9-7-2-4-15(12,13)5-3-7/h7H,2-5H2,1H3,(H,9,11). The third-order valence-corrected chi connectivity index (χ3v) is 4.89. The second-order valence-corrected chi connectivity index (χ2v) is 7.18. The number of nitrogens with one attached hydrogen (secondary N) is 1. The van der Waals surface area contributed by atoms with Gasteiger partial charge in [0.05, 0.1) is 11.5 Å². The second kappa shape index (κ2) is 4.05. The second-order valence-electron chi connectivity index (χ2n) is 3.70. The molecule has 1 aliphatic heterocycles. The van der Waals surface area contributed by atoms with E-state index in [1.165, 1.54) is 11.3 Å². The van der Waals surface area contributed by atoms with E-state index >= 15 is 0 Å². The lowest BCUT2D eigenvalue weighted by atomic mass is 10.2. The molecule has 0 radical (unpaired) electrons. The van der Waals surface area contributed by atoms with E-state index in [9.17, 15) is 8.42 Å². The summed E-state index contributed by atoms with van der Waals surface area (Å²) in [4.78, 5) is 0. The molecular weight excluding hydrogens is 234 g/mol. The maximum atomic E-state index is 11.2. The van der Waals surface area contributed by atoms with Gasteiger partial charge in [-0.2, -0.15) is 0 Å². The Bertz CT molecular complexity index is 426. The number of aryl methyl sites for hydroxylation is 1. The van der Waals surface area contributed by atoms with Crippen LogP contribution in [0.4, 0.5) is 5.13 Å². The first kappa shape index (κ1) is 10.8. The van der Waals surface area contributed by atoms with Crippen LogP contribution in [0.2, 0.25) is 0 Å². The molecule has 84 valence electrons. The third kappa shape index (κ3) is 2.88. The molecule has 0 bridgehead atoms. The van der Waals surface area contributed by atoms with Gasteiger partial charge in [0.2, 0.25) is 5.13 Å². The summed E-state index contributed by atoms with van der Waals surface area (Å²) in [6, 6.07) is 0.223. The van der Waals surface area contributed by atoms with Crippen molar-refractivity contribution in [3.8, 4) is 0 Å². The molecule has 0 aromatic carbocycles. The molecule has 0 saturated carbocycles. The molecular formula is C8H13N3O2S2. The SMILES string of the molecule is Cc1nnc(NC2CCS(=O)(=O)CC2)s1. The van der Waals surface area contributed by atoms with Crippen molar-refractivity contribution in [3.05, 3.63) is 5.01 Å². The minimum absolute atomic E-state index is 0.223. The summed E-state index contributed by atoms with van der Waals surface area (Å²) < 4.78 is 22.4. The van der Waals surface area contributed by atoms with Gasteiger partial charge in [-0.05, 0) is 19.8 Å². The summed E-state index contributed by atoms with van der Waals surface area (Å²) in [6.07, 6.45) is 1.34. The fourth-order valence-electron chi connectivity index (χ4n) is 1.56. The van der Waals surface area contributed by atoms with Crippen molar-refractivity contribution in [2.75, 3.05) is 16.8 Å². The van der Waals surface area contributed by atoms with Gasteiger partial charge >= 0.3 is 0 Å². The monoisotopic (exact) mass is 247 g/mol. The predicted molar refractivity (Wildman–Crippen MR) is 59.9 cm³/mol. The number of sulfone groups is 1. The number of rotatable bonds is 2. The van der Waals surface area contributed by atoms with Gasteiger partial charge in [-0.15, -0.1) is 10.2 Å². The van der Waals surface area contributed by atoms with E-state index in [1.807, 2.05) is 6.92 Å². The van der Waals surface area contributed by atoms with Gasteiger partial charge in [0.25, 0.3) is 0 Å². The van der Waals surface area contributed by atoms with Gasteiger partial charge in [-0.25, -0.2) is 8.42 Å². The third-order valence-electron chi connectivity index (χ3n) is 2.41. The van der Waals surface area contributed by atoms with Crippen LogP contribution in [0.3, 0.4) is 0 Å². The van der Waals surface area contributed by atoms with Crippen LogP contribution in [0, 0.1) is 6.92 Å². The molecule has 1 aliphatic rings. The molecule has 1 aromatic rings. The first-order chi connectivity index (χ1) is 7.05. The molecule has 0 spiro atoms. The van der Waals surface area contributed by atoms with E-state index in [1.54, 1.807) is 0 Å². The lowest BCUT2D eigenvalue weighted by molar-refractivity contribution is 0.559. The average molecular weight is 247 g/mol. The lowest BCUT2D eigenvalue weighted by Gasteiger charge is -2.22.